The molecule has 0 bridgehead atoms. The van der Waals surface area contributed by atoms with Crippen molar-refractivity contribution in [2.75, 3.05) is 18.0 Å². The zero-order valence-corrected chi connectivity index (χ0v) is 13.5. The highest BCUT2D eigenvalue weighted by Gasteiger charge is 2.32. The SMILES string of the molecule is Cc1cccc(C(=O)OC2CN(c3nc4ccccc4s3)C2)c1. The van der Waals surface area contributed by atoms with Crippen molar-refractivity contribution < 1.29 is 9.53 Å². The fraction of sp³-hybridized carbons (Fsp3) is 0.222. The van der Waals surface area contributed by atoms with Crippen LogP contribution in [-0.4, -0.2) is 30.1 Å². The molecule has 116 valence electrons. The summed E-state index contributed by atoms with van der Waals surface area (Å²) in [5.74, 6) is -0.248. The lowest BCUT2D eigenvalue weighted by atomic mass is 10.1. The van der Waals surface area contributed by atoms with E-state index in [2.05, 4.69) is 16.0 Å². The minimum absolute atomic E-state index is 0.0602. The number of para-hydroxylation sites is 1. The number of carbonyl (C=O) groups excluding carboxylic acids is 1. The van der Waals surface area contributed by atoms with Crippen LogP contribution in [0, 0.1) is 6.92 Å². The Kier molecular flexibility index (Phi) is 3.50. The van der Waals surface area contributed by atoms with E-state index in [0.717, 1.165) is 16.2 Å². The van der Waals surface area contributed by atoms with Crippen molar-refractivity contribution in [1.82, 2.24) is 4.98 Å². The van der Waals surface area contributed by atoms with E-state index in [1.54, 1.807) is 17.4 Å². The third-order valence-electron chi connectivity index (χ3n) is 3.93. The molecule has 0 unspecified atom stereocenters. The Morgan fingerprint density at radius 3 is 2.83 bits per heavy atom. The van der Waals surface area contributed by atoms with Crippen LogP contribution in [0.4, 0.5) is 5.13 Å². The summed E-state index contributed by atoms with van der Waals surface area (Å²) in [5.41, 5.74) is 2.69. The van der Waals surface area contributed by atoms with Crippen LogP contribution in [0.25, 0.3) is 10.2 Å². The molecule has 0 radical (unpaired) electrons. The predicted molar refractivity (Wildman–Crippen MR) is 92.2 cm³/mol. The Balaban J connectivity index is 1.38. The topological polar surface area (TPSA) is 42.4 Å². The van der Waals surface area contributed by atoms with Crippen LogP contribution in [-0.2, 0) is 4.74 Å². The van der Waals surface area contributed by atoms with Crippen molar-refractivity contribution in [3.63, 3.8) is 0 Å². The van der Waals surface area contributed by atoms with E-state index in [4.69, 9.17) is 4.74 Å². The molecule has 5 heteroatoms. The Morgan fingerprint density at radius 2 is 2.04 bits per heavy atom. The van der Waals surface area contributed by atoms with Gasteiger partial charge < -0.3 is 9.64 Å². The van der Waals surface area contributed by atoms with Gasteiger partial charge in [0.25, 0.3) is 0 Å². The monoisotopic (exact) mass is 324 g/mol. The zero-order chi connectivity index (χ0) is 15.8. The lowest BCUT2D eigenvalue weighted by Gasteiger charge is -2.38. The van der Waals surface area contributed by atoms with Crippen molar-refractivity contribution in [2.24, 2.45) is 0 Å². The minimum Gasteiger partial charge on any atom is -0.455 e. The third-order valence-corrected chi connectivity index (χ3v) is 5.03. The number of esters is 1. The normalized spacial score (nSPS) is 14.7. The molecule has 1 aliphatic rings. The van der Waals surface area contributed by atoms with Crippen LogP contribution in [0.5, 0.6) is 0 Å². The number of aromatic nitrogens is 1. The second-order valence-electron chi connectivity index (χ2n) is 5.77. The number of hydrogen-bond acceptors (Lipinski definition) is 5. The van der Waals surface area contributed by atoms with Gasteiger partial charge in [-0.1, -0.05) is 41.2 Å². The third kappa shape index (κ3) is 2.80. The van der Waals surface area contributed by atoms with Crippen molar-refractivity contribution in [1.29, 1.82) is 0 Å². The summed E-state index contributed by atoms with van der Waals surface area (Å²) < 4.78 is 6.73. The van der Waals surface area contributed by atoms with E-state index >= 15 is 0 Å². The van der Waals surface area contributed by atoms with Gasteiger partial charge in [0.1, 0.15) is 6.10 Å². The molecule has 2 aromatic carbocycles. The standard InChI is InChI=1S/C18H16N2O2S/c1-12-5-4-6-13(9-12)17(21)22-14-10-20(11-14)18-19-15-7-2-3-8-16(15)23-18/h2-9,14H,10-11H2,1H3. The quantitative estimate of drug-likeness (QED) is 0.690. The minimum atomic E-state index is -0.248. The summed E-state index contributed by atoms with van der Waals surface area (Å²) in [6.45, 7) is 3.38. The van der Waals surface area contributed by atoms with Gasteiger partial charge in [-0.15, -0.1) is 0 Å². The summed E-state index contributed by atoms with van der Waals surface area (Å²) >= 11 is 1.67. The summed E-state index contributed by atoms with van der Waals surface area (Å²) in [4.78, 5) is 18.9. The van der Waals surface area contributed by atoms with Crippen LogP contribution >= 0.6 is 11.3 Å². The van der Waals surface area contributed by atoms with Crippen LogP contribution in [0.15, 0.2) is 48.5 Å². The Labute approximate surface area is 138 Å². The van der Waals surface area contributed by atoms with Gasteiger partial charge in [0.2, 0.25) is 0 Å². The molecule has 0 amide bonds. The van der Waals surface area contributed by atoms with Crippen LogP contribution in [0.1, 0.15) is 15.9 Å². The molecule has 1 saturated heterocycles. The van der Waals surface area contributed by atoms with Crippen molar-refractivity contribution in [3.05, 3.63) is 59.7 Å². The molecule has 1 fully saturated rings. The highest BCUT2D eigenvalue weighted by molar-refractivity contribution is 7.22. The molecule has 4 nitrogen and oxygen atoms in total. The van der Waals surface area contributed by atoms with Gasteiger partial charge in [-0.2, -0.15) is 0 Å². The van der Waals surface area contributed by atoms with Gasteiger partial charge in [0.05, 0.1) is 28.9 Å². The number of rotatable bonds is 3. The molecule has 0 spiro atoms. The van der Waals surface area contributed by atoms with Gasteiger partial charge >= 0.3 is 5.97 Å². The smallest absolute Gasteiger partial charge is 0.338 e. The number of carbonyl (C=O) groups is 1. The van der Waals surface area contributed by atoms with Crippen LogP contribution in [0.2, 0.25) is 0 Å². The van der Waals surface area contributed by atoms with Crippen molar-refractivity contribution in [2.45, 2.75) is 13.0 Å². The number of aryl methyl sites for hydroxylation is 1. The Hall–Kier alpha value is -2.40. The number of benzene rings is 2. The Bertz CT molecular complexity index is 835. The number of anilines is 1. The number of thiazole rings is 1. The van der Waals surface area contributed by atoms with E-state index in [-0.39, 0.29) is 12.1 Å². The second kappa shape index (κ2) is 5.66. The molecule has 1 aromatic heterocycles. The zero-order valence-electron chi connectivity index (χ0n) is 12.7. The number of fused-ring (bicyclic) bond motifs is 1. The fourth-order valence-electron chi connectivity index (χ4n) is 2.66. The maximum atomic E-state index is 12.1. The van der Waals surface area contributed by atoms with Crippen molar-refractivity contribution >= 4 is 32.7 Å². The molecular formula is C18H16N2O2S. The Morgan fingerprint density at radius 1 is 1.22 bits per heavy atom. The van der Waals surface area contributed by atoms with Gasteiger partial charge in [-0.05, 0) is 31.2 Å². The van der Waals surface area contributed by atoms with Crippen LogP contribution in [0.3, 0.4) is 0 Å². The van der Waals surface area contributed by atoms with E-state index in [1.807, 2.05) is 43.3 Å². The lowest BCUT2D eigenvalue weighted by molar-refractivity contribution is 0.0234. The van der Waals surface area contributed by atoms with Crippen LogP contribution < -0.4 is 4.90 Å². The van der Waals surface area contributed by atoms with Gasteiger partial charge in [0, 0.05) is 0 Å². The molecule has 0 saturated carbocycles. The predicted octanol–water partition coefficient (Wildman–Crippen LogP) is 3.65. The molecule has 2 heterocycles. The number of nitrogens with zero attached hydrogens (tertiary/aromatic N) is 2. The highest BCUT2D eigenvalue weighted by Crippen LogP contribution is 2.31. The molecule has 0 aliphatic carbocycles. The highest BCUT2D eigenvalue weighted by atomic mass is 32.1. The maximum absolute atomic E-state index is 12.1. The molecule has 0 N–H and O–H groups in total. The number of hydrogen-bond donors (Lipinski definition) is 0. The summed E-state index contributed by atoms with van der Waals surface area (Å²) in [5, 5.41) is 0.994. The second-order valence-corrected chi connectivity index (χ2v) is 6.78. The first-order chi connectivity index (χ1) is 11.2. The number of ether oxygens (including phenoxy) is 1. The van der Waals surface area contributed by atoms with E-state index in [1.165, 1.54) is 4.70 Å². The van der Waals surface area contributed by atoms with E-state index < -0.39 is 0 Å². The van der Waals surface area contributed by atoms with Gasteiger partial charge in [-0.3, -0.25) is 0 Å². The summed E-state index contributed by atoms with van der Waals surface area (Å²) in [6, 6.07) is 15.6. The first-order valence-corrected chi connectivity index (χ1v) is 8.39. The molecular weight excluding hydrogens is 308 g/mol. The molecule has 23 heavy (non-hydrogen) atoms. The van der Waals surface area contributed by atoms with Gasteiger partial charge in [0.15, 0.2) is 5.13 Å². The molecule has 0 atom stereocenters. The first kappa shape index (κ1) is 14.2. The largest absolute Gasteiger partial charge is 0.455 e. The van der Waals surface area contributed by atoms with Crippen molar-refractivity contribution in [3.8, 4) is 0 Å². The van der Waals surface area contributed by atoms with E-state index in [9.17, 15) is 4.79 Å². The lowest BCUT2D eigenvalue weighted by Crippen LogP contribution is -2.53. The summed E-state index contributed by atoms with van der Waals surface area (Å²) in [6.07, 6.45) is -0.0602. The molecule has 3 aromatic rings. The first-order valence-electron chi connectivity index (χ1n) is 7.57. The molecule has 4 rings (SSSR count). The molecule has 1 aliphatic heterocycles. The summed E-state index contributed by atoms with van der Waals surface area (Å²) in [7, 11) is 0. The van der Waals surface area contributed by atoms with Gasteiger partial charge in [-0.25, -0.2) is 9.78 Å². The average molecular weight is 324 g/mol. The maximum Gasteiger partial charge on any atom is 0.338 e. The average Bonchev–Trinajstić information content (AvgIpc) is 2.93. The fourth-order valence-corrected chi connectivity index (χ4v) is 3.64. The van der Waals surface area contributed by atoms with E-state index in [0.29, 0.717) is 18.7 Å².